The first-order valence-electron chi connectivity index (χ1n) is 19.6. The van der Waals surface area contributed by atoms with E-state index in [9.17, 15) is 24.3 Å². The zero-order valence-electron chi connectivity index (χ0n) is 32.2. The van der Waals surface area contributed by atoms with Crippen molar-refractivity contribution in [1.29, 1.82) is 0 Å². The highest BCUT2D eigenvalue weighted by atomic mass is 16.6. The van der Waals surface area contributed by atoms with E-state index < -0.39 is 36.1 Å². The van der Waals surface area contributed by atoms with Gasteiger partial charge in [0, 0.05) is 6.42 Å². The second-order valence-electron chi connectivity index (χ2n) is 14.4. The number of hydrogen-bond acceptors (Lipinski definition) is 8. The molecule has 3 aromatic rings. The lowest BCUT2D eigenvalue weighted by Crippen LogP contribution is -2.47. The number of rotatable bonds is 23. The number of alkyl carbamates (subject to hydrolysis) is 1. The molecule has 0 aliphatic heterocycles. The zero-order valence-corrected chi connectivity index (χ0v) is 32.2. The van der Waals surface area contributed by atoms with Crippen LogP contribution in [0.1, 0.15) is 74.5 Å². The van der Waals surface area contributed by atoms with Crippen LogP contribution in [0.3, 0.4) is 0 Å². The Morgan fingerprint density at radius 3 is 2.00 bits per heavy atom. The van der Waals surface area contributed by atoms with Crippen LogP contribution in [-0.2, 0) is 43.5 Å². The van der Waals surface area contributed by atoms with Gasteiger partial charge in [-0.05, 0) is 60.4 Å². The second kappa shape index (κ2) is 24.2. The first-order valence-corrected chi connectivity index (χ1v) is 19.6. The van der Waals surface area contributed by atoms with Crippen molar-refractivity contribution in [1.82, 2.24) is 16.0 Å². The normalized spacial score (nSPS) is 14.9. The summed E-state index contributed by atoms with van der Waals surface area (Å²) in [5, 5.41) is 18.6. The molecule has 1 fully saturated rings. The molecular formula is C45H57N3O8. The number of amides is 3. The number of aliphatic hydroxyl groups excluding tert-OH is 1. The van der Waals surface area contributed by atoms with E-state index in [-0.39, 0.29) is 50.9 Å². The van der Waals surface area contributed by atoms with E-state index in [0.29, 0.717) is 31.1 Å². The summed E-state index contributed by atoms with van der Waals surface area (Å²) in [6, 6.07) is 24.5. The van der Waals surface area contributed by atoms with Gasteiger partial charge in [0.05, 0.1) is 24.6 Å². The molecule has 1 aliphatic rings. The summed E-state index contributed by atoms with van der Waals surface area (Å²) in [5.74, 6) is -1.07. The van der Waals surface area contributed by atoms with Crippen LogP contribution < -0.4 is 20.7 Å². The maximum Gasteiger partial charge on any atom is 0.408 e. The molecule has 0 aromatic heterocycles. The summed E-state index contributed by atoms with van der Waals surface area (Å²) in [4.78, 5) is 52.7. The molecule has 3 amide bonds. The molecule has 4 rings (SSSR count). The lowest BCUT2D eigenvalue weighted by Gasteiger charge is -2.28. The SMILES string of the molecule is C=CC[C@H](CC(=O)N[C@H](CO)Cc1ccc(OCc2ccccc2)cc1)C(=O)N[C@H](COC(=O)[C@@H](CC=C)NC(=O)OCc1ccccc1)CC1CCCCC1. The molecule has 4 N–H and O–H groups in total. The van der Waals surface area contributed by atoms with E-state index in [1.165, 1.54) is 6.08 Å². The molecular weight excluding hydrogens is 711 g/mol. The summed E-state index contributed by atoms with van der Waals surface area (Å²) in [7, 11) is 0. The Balaban J connectivity index is 1.31. The largest absolute Gasteiger partial charge is 0.489 e. The number of benzene rings is 3. The fourth-order valence-corrected chi connectivity index (χ4v) is 6.79. The van der Waals surface area contributed by atoms with Crippen molar-refractivity contribution in [2.24, 2.45) is 11.8 Å². The van der Waals surface area contributed by atoms with Crippen LogP contribution in [0.5, 0.6) is 5.75 Å². The predicted molar refractivity (Wildman–Crippen MR) is 215 cm³/mol. The van der Waals surface area contributed by atoms with E-state index >= 15 is 0 Å². The van der Waals surface area contributed by atoms with Crippen molar-refractivity contribution in [3.05, 3.63) is 127 Å². The lowest BCUT2D eigenvalue weighted by atomic mass is 9.84. The molecule has 4 atom stereocenters. The van der Waals surface area contributed by atoms with E-state index in [1.807, 2.05) is 84.9 Å². The Morgan fingerprint density at radius 2 is 1.38 bits per heavy atom. The third-order valence-electron chi connectivity index (χ3n) is 9.80. The molecule has 3 aromatic carbocycles. The zero-order chi connectivity index (χ0) is 40.0. The molecule has 56 heavy (non-hydrogen) atoms. The second-order valence-corrected chi connectivity index (χ2v) is 14.4. The summed E-state index contributed by atoms with van der Waals surface area (Å²) < 4.78 is 16.9. The van der Waals surface area contributed by atoms with E-state index in [1.54, 1.807) is 6.08 Å². The average Bonchev–Trinajstić information content (AvgIpc) is 3.22. The average molecular weight is 768 g/mol. The minimum absolute atomic E-state index is 0.0438. The number of ether oxygens (including phenoxy) is 3. The summed E-state index contributed by atoms with van der Waals surface area (Å²) in [6.07, 6.45) is 8.98. The quantitative estimate of drug-likeness (QED) is 0.0612. The van der Waals surface area contributed by atoms with Crippen molar-refractivity contribution in [3.63, 3.8) is 0 Å². The van der Waals surface area contributed by atoms with Gasteiger partial charge in [-0.15, -0.1) is 13.2 Å². The van der Waals surface area contributed by atoms with Crippen molar-refractivity contribution in [2.45, 2.75) is 95.5 Å². The van der Waals surface area contributed by atoms with Crippen LogP contribution >= 0.6 is 0 Å². The first-order chi connectivity index (χ1) is 27.3. The van der Waals surface area contributed by atoms with E-state index in [4.69, 9.17) is 14.2 Å². The summed E-state index contributed by atoms with van der Waals surface area (Å²) in [6.45, 7) is 7.61. The minimum atomic E-state index is -1.02. The number of hydrogen-bond donors (Lipinski definition) is 4. The summed E-state index contributed by atoms with van der Waals surface area (Å²) in [5.41, 5.74) is 2.78. The summed E-state index contributed by atoms with van der Waals surface area (Å²) >= 11 is 0. The van der Waals surface area contributed by atoms with Crippen LogP contribution in [-0.4, -0.2) is 60.3 Å². The number of allylic oxidation sites excluding steroid dienone is 1. The van der Waals surface area contributed by atoms with E-state index in [0.717, 1.165) is 48.8 Å². The van der Waals surface area contributed by atoms with Crippen LogP contribution in [0.15, 0.2) is 110 Å². The van der Waals surface area contributed by atoms with Crippen LogP contribution in [0.4, 0.5) is 4.79 Å². The van der Waals surface area contributed by atoms with Crippen molar-refractivity contribution >= 4 is 23.9 Å². The number of carbonyl (C=O) groups excluding carboxylic acids is 4. The highest BCUT2D eigenvalue weighted by molar-refractivity contribution is 5.86. The molecule has 0 spiro atoms. The molecule has 1 saturated carbocycles. The lowest BCUT2D eigenvalue weighted by molar-refractivity contribution is -0.147. The Bertz CT molecular complexity index is 1660. The molecule has 0 heterocycles. The van der Waals surface area contributed by atoms with Gasteiger partial charge < -0.3 is 35.3 Å². The Morgan fingerprint density at radius 1 is 0.732 bits per heavy atom. The van der Waals surface area contributed by atoms with Gasteiger partial charge in [0.25, 0.3) is 0 Å². The third-order valence-corrected chi connectivity index (χ3v) is 9.80. The van der Waals surface area contributed by atoms with Gasteiger partial charge in [-0.1, -0.05) is 117 Å². The molecule has 0 unspecified atom stereocenters. The number of aliphatic hydroxyl groups is 1. The van der Waals surface area contributed by atoms with Gasteiger partial charge >= 0.3 is 12.1 Å². The molecule has 0 radical (unpaired) electrons. The van der Waals surface area contributed by atoms with Crippen molar-refractivity contribution in [2.75, 3.05) is 13.2 Å². The fraction of sp³-hybridized carbons (Fsp3) is 0.422. The van der Waals surface area contributed by atoms with Gasteiger partial charge in [0.15, 0.2) is 0 Å². The fourth-order valence-electron chi connectivity index (χ4n) is 6.79. The van der Waals surface area contributed by atoms with Gasteiger partial charge in [-0.3, -0.25) is 9.59 Å². The van der Waals surface area contributed by atoms with Gasteiger partial charge in [0.2, 0.25) is 11.8 Å². The van der Waals surface area contributed by atoms with Gasteiger partial charge in [-0.2, -0.15) is 0 Å². The highest BCUT2D eigenvalue weighted by Crippen LogP contribution is 2.28. The third kappa shape index (κ3) is 15.7. The number of esters is 1. The van der Waals surface area contributed by atoms with Crippen molar-refractivity contribution in [3.8, 4) is 5.75 Å². The van der Waals surface area contributed by atoms with Crippen LogP contribution in [0, 0.1) is 11.8 Å². The topological polar surface area (TPSA) is 152 Å². The highest BCUT2D eigenvalue weighted by Gasteiger charge is 2.29. The standard InChI is InChI=1S/C45H57N3O8/c1-3-14-37(28-42(50)46-38(29-49)26-34-22-24-40(25-23-34)54-30-35-18-10-6-11-19-35)43(51)47-39(27-33-16-8-5-9-17-33)32-55-44(52)41(15-4-2)48-45(53)56-31-36-20-12-7-13-21-36/h3-4,6-7,10-13,18-25,33,37-39,41,49H,1-2,5,8-9,14-17,26-32H2,(H,46,50)(H,47,51)(H,48,53)/t37-,38+,39+,41-/m1/s1. The smallest absolute Gasteiger partial charge is 0.408 e. The van der Waals surface area contributed by atoms with Crippen LogP contribution in [0.25, 0.3) is 0 Å². The number of nitrogens with one attached hydrogen (secondary N) is 3. The maximum atomic E-state index is 13.7. The molecule has 0 saturated heterocycles. The maximum absolute atomic E-state index is 13.7. The Labute approximate surface area is 330 Å². The Hall–Kier alpha value is -5.42. The first kappa shape index (κ1) is 43.3. The van der Waals surface area contributed by atoms with Gasteiger partial charge in [-0.25, -0.2) is 9.59 Å². The Kier molecular flexibility index (Phi) is 18.7. The molecule has 0 bridgehead atoms. The van der Waals surface area contributed by atoms with Gasteiger partial charge in [0.1, 0.15) is 31.6 Å². The van der Waals surface area contributed by atoms with Crippen molar-refractivity contribution < 1.29 is 38.5 Å². The number of carbonyl (C=O) groups is 4. The molecule has 11 nitrogen and oxygen atoms in total. The molecule has 300 valence electrons. The minimum Gasteiger partial charge on any atom is -0.489 e. The van der Waals surface area contributed by atoms with E-state index in [2.05, 4.69) is 29.1 Å². The molecule has 11 heteroatoms. The van der Waals surface area contributed by atoms with Crippen LogP contribution in [0.2, 0.25) is 0 Å². The molecule has 1 aliphatic carbocycles. The monoisotopic (exact) mass is 767 g/mol. The predicted octanol–water partition coefficient (Wildman–Crippen LogP) is 6.74.